The van der Waals surface area contributed by atoms with Gasteiger partial charge >= 0.3 is 0 Å². The minimum atomic E-state index is -3.90. The molecule has 10 nitrogen and oxygen atoms in total. The van der Waals surface area contributed by atoms with Crippen molar-refractivity contribution in [3.05, 3.63) is 53.0 Å². The molecule has 0 spiro atoms. The van der Waals surface area contributed by atoms with Crippen molar-refractivity contribution in [1.29, 1.82) is 0 Å². The summed E-state index contributed by atoms with van der Waals surface area (Å²) in [5.74, 6) is -1.50. The highest BCUT2D eigenvalue weighted by atomic mass is 32.2. The SMILES string of the molecule is NS(=O)(=O)CCNC(=O)C(c1nc2ccc(-c3ccc(C(=O)CCCO)cc3)cc2s1)S(=O)(=O)CC1CC1. The molecule has 13 heteroatoms. The van der Waals surface area contributed by atoms with Crippen LogP contribution in [0.3, 0.4) is 0 Å². The van der Waals surface area contributed by atoms with E-state index in [1.165, 1.54) is 0 Å². The number of hydrogen-bond donors (Lipinski definition) is 3. The molecule has 4 rings (SSSR count). The first-order chi connectivity index (χ1) is 18.0. The number of ketones is 1. The topological polar surface area (TPSA) is 174 Å². The number of carbonyl (C=O) groups excluding carboxylic acids is 2. The van der Waals surface area contributed by atoms with Crippen molar-refractivity contribution in [2.24, 2.45) is 11.1 Å². The van der Waals surface area contributed by atoms with Crippen LogP contribution >= 0.6 is 11.3 Å². The Labute approximate surface area is 225 Å². The highest BCUT2D eigenvalue weighted by Crippen LogP contribution is 2.38. The number of primary sulfonamides is 1. The minimum Gasteiger partial charge on any atom is -0.396 e. The smallest absolute Gasteiger partial charge is 0.245 e. The Balaban J connectivity index is 1.60. The summed E-state index contributed by atoms with van der Waals surface area (Å²) in [6, 6.07) is 12.5. The molecular formula is C25H29N3O7S3. The zero-order chi connectivity index (χ0) is 27.5. The summed E-state index contributed by atoms with van der Waals surface area (Å²) in [5, 5.41) is 14.9. The number of Topliss-reactive ketones (excluding diaryl/α,β-unsaturated/α-hetero) is 1. The lowest BCUT2D eigenvalue weighted by Gasteiger charge is -2.15. The van der Waals surface area contributed by atoms with Gasteiger partial charge in [-0.2, -0.15) is 0 Å². The maximum absolute atomic E-state index is 13.2. The number of nitrogens with one attached hydrogen (secondary N) is 1. The number of rotatable bonds is 13. The fourth-order valence-corrected chi connectivity index (χ4v) is 7.92. The van der Waals surface area contributed by atoms with Crippen LogP contribution < -0.4 is 10.5 Å². The first-order valence-electron chi connectivity index (χ1n) is 12.1. The number of fused-ring (bicyclic) bond motifs is 1. The fourth-order valence-electron chi connectivity index (χ4n) is 4.01. The summed E-state index contributed by atoms with van der Waals surface area (Å²) in [6.07, 6.45) is 2.25. The molecule has 0 aliphatic heterocycles. The number of sulfonamides is 1. The zero-order valence-electron chi connectivity index (χ0n) is 20.5. The van der Waals surface area contributed by atoms with Crippen LogP contribution in [-0.4, -0.2) is 63.3 Å². The van der Waals surface area contributed by atoms with E-state index in [0.29, 0.717) is 22.2 Å². The molecule has 1 unspecified atom stereocenters. The Morgan fingerprint density at radius 1 is 1.08 bits per heavy atom. The second-order valence-corrected chi connectivity index (χ2v) is 14.3. The van der Waals surface area contributed by atoms with Gasteiger partial charge in [0, 0.05) is 25.1 Å². The Hall–Kier alpha value is -2.71. The monoisotopic (exact) mass is 579 g/mol. The number of sulfone groups is 1. The van der Waals surface area contributed by atoms with Gasteiger partial charge in [0.15, 0.2) is 20.9 Å². The van der Waals surface area contributed by atoms with Crippen molar-refractivity contribution in [3.63, 3.8) is 0 Å². The number of carbonyl (C=O) groups is 2. The van der Waals surface area contributed by atoms with Crippen LogP contribution in [0.25, 0.3) is 21.3 Å². The quantitative estimate of drug-likeness (QED) is 0.258. The van der Waals surface area contributed by atoms with Crippen molar-refractivity contribution in [2.45, 2.75) is 30.9 Å². The van der Waals surface area contributed by atoms with Gasteiger partial charge in [-0.15, -0.1) is 11.3 Å². The number of nitrogens with zero attached hydrogens (tertiary/aromatic N) is 1. The third-order valence-corrected chi connectivity index (χ3v) is 10.3. The fraction of sp³-hybridized carbons (Fsp3) is 0.400. The maximum atomic E-state index is 13.2. The van der Waals surface area contributed by atoms with E-state index in [1.54, 1.807) is 18.2 Å². The van der Waals surface area contributed by atoms with Crippen LogP contribution in [0.1, 0.15) is 46.3 Å². The average molecular weight is 580 g/mol. The van der Waals surface area contributed by atoms with Crippen LogP contribution in [0.5, 0.6) is 0 Å². The molecule has 204 valence electrons. The molecule has 1 aliphatic carbocycles. The van der Waals surface area contributed by atoms with Gasteiger partial charge in [-0.3, -0.25) is 9.59 Å². The Morgan fingerprint density at radius 2 is 1.76 bits per heavy atom. The Morgan fingerprint density at radius 3 is 2.39 bits per heavy atom. The molecule has 1 amide bonds. The molecular weight excluding hydrogens is 550 g/mol. The van der Waals surface area contributed by atoms with Crippen molar-refractivity contribution in [3.8, 4) is 11.1 Å². The lowest BCUT2D eigenvalue weighted by atomic mass is 10.0. The van der Waals surface area contributed by atoms with Gasteiger partial charge in [-0.1, -0.05) is 30.3 Å². The van der Waals surface area contributed by atoms with E-state index in [9.17, 15) is 26.4 Å². The van der Waals surface area contributed by atoms with E-state index in [0.717, 1.165) is 35.3 Å². The third kappa shape index (κ3) is 7.23. The molecule has 1 saturated carbocycles. The van der Waals surface area contributed by atoms with Gasteiger partial charge in [0.1, 0.15) is 5.01 Å². The lowest BCUT2D eigenvalue weighted by Crippen LogP contribution is -2.38. The number of aliphatic hydroxyl groups excluding tert-OH is 1. The van der Waals surface area contributed by atoms with Crippen molar-refractivity contribution in [1.82, 2.24) is 10.3 Å². The standard InChI is InChI=1S/C25H29N3O7S3/c26-38(34,35)13-11-27-24(31)23(37(32,33)15-16-3-4-16)25-28-20-10-9-19(14-22(20)36-25)17-5-7-18(8-6-17)21(30)2-1-12-29/h5-10,14,16,23,29H,1-4,11-13,15H2,(H,27,31)(H2,26,34,35). The van der Waals surface area contributed by atoms with E-state index in [4.69, 9.17) is 10.2 Å². The predicted molar refractivity (Wildman–Crippen MR) is 146 cm³/mol. The number of aliphatic hydroxyl groups is 1. The first kappa shape index (κ1) is 28.3. The summed E-state index contributed by atoms with van der Waals surface area (Å²) < 4.78 is 49.6. The molecule has 3 aromatic rings. The molecule has 1 aromatic heterocycles. The lowest BCUT2D eigenvalue weighted by molar-refractivity contribution is -0.120. The summed E-state index contributed by atoms with van der Waals surface area (Å²) in [4.78, 5) is 29.6. The van der Waals surface area contributed by atoms with Crippen LogP contribution in [0.4, 0.5) is 0 Å². The van der Waals surface area contributed by atoms with Gasteiger partial charge in [0.05, 0.1) is 21.7 Å². The summed E-state index contributed by atoms with van der Waals surface area (Å²) in [7, 11) is -7.72. The Bertz CT molecular complexity index is 1540. The molecule has 2 aromatic carbocycles. The minimum absolute atomic E-state index is 0.0131. The number of hydrogen-bond acceptors (Lipinski definition) is 9. The molecule has 1 atom stereocenters. The van der Waals surface area contributed by atoms with Gasteiger partial charge in [0.25, 0.3) is 0 Å². The number of aromatic nitrogens is 1. The van der Waals surface area contributed by atoms with Gasteiger partial charge in [-0.05, 0) is 48.4 Å². The molecule has 1 aliphatic rings. The molecule has 4 N–H and O–H groups in total. The van der Waals surface area contributed by atoms with Crippen molar-refractivity contribution >= 4 is 53.1 Å². The molecule has 0 saturated heterocycles. The van der Waals surface area contributed by atoms with Crippen LogP contribution in [0.15, 0.2) is 42.5 Å². The largest absolute Gasteiger partial charge is 0.396 e. The van der Waals surface area contributed by atoms with Crippen LogP contribution in [0.2, 0.25) is 0 Å². The maximum Gasteiger partial charge on any atom is 0.245 e. The highest BCUT2D eigenvalue weighted by Gasteiger charge is 2.40. The van der Waals surface area contributed by atoms with E-state index in [-0.39, 0.29) is 42.0 Å². The average Bonchev–Trinajstić information content (AvgIpc) is 3.56. The normalized spacial score (nSPS) is 14.9. The molecule has 0 radical (unpaired) electrons. The van der Waals surface area contributed by atoms with E-state index < -0.39 is 36.8 Å². The second-order valence-electron chi connectivity index (χ2n) is 9.37. The van der Waals surface area contributed by atoms with Gasteiger partial charge in [0.2, 0.25) is 15.9 Å². The third-order valence-electron chi connectivity index (χ3n) is 6.18. The second kappa shape index (κ2) is 11.6. The summed E-state index contributed by atoms with van der Waals surface area (Å²) in [6.45, 7) is -0.346. The first-order valence-corrected chi connectivity index (χ1v) is 16.4. The van der Waals surface area contributed by atoms with E-state index in [1.807, 2.05) is 24.3 Å². The zero-order valence-corrected chi connectivity index (χ0v) is 22.9. The Kier molecular flexibility index (Phi) is 8.62. The predicted octanol–water partition coefficient (Wildman–Crippen LogP) is 2.19. The van der Waals surface area contributed by atoms with Gasteiger partial charge < -0.3 is 10.4 Å². The number of benzene rings is 2. The van der Waals surface area contributed by atoms with E-state index >= 15 is 0 Å². The van der Waals surface area contributed by atoms with Crippen molar-refractivity contribution < 1.29 is 31.5 Å². The molecule has 0 bridgehead atoms. The van der Waals surface area contributed by atoms with E-state index in [2.05, 4.69) is 10.3 Å². The van der Waals surface area contributed by atoms with Gasteiger partial charge in [-0.25, -0.2) is 27.0 Å². The number of nitrogens with two attached hydrogens (primary N) is 1. The molecule has 38 heavy (non-hydrogen) atoms. The number of amides is 1. The van der Waals surface area contributed by atoms with Crippen LogP contribution in [0, 0.1) is 5.92 Å². The molecule has 1 fully saturated rings. The number of thiazole rings is 1. The highest BCUT2D eigenvalue weighted by molar-refractivity contribution is 7.92. The molecule has 1 heterocycles. The summed E-state index contributed by atoms with van der Waals surface area (Å²) in [5.41, 5.74) is 2.77. The van der Waals surface area contributed by atoms with Crippen molar-refractivity contribution in [2.75, 3.05) is 24.7 Å². The summed E-state index contributed by atoms with van der Waals surface area (Å²) >= 11 is 1.10. The van der Waals surface area contributed by atoms with Crippen LogP contribution in [-0.2, 0) is 24.7 Å².